The summed E-state index contributed by atoms with van der Waals surface area (Å²) >= 11 is 0. The van der Waals surface area contributed by atoms with Crippen molar-refractivity contribution in [1.82, 2.24) is 19.9 Å². The maximum Gasteiger partial charge on any atom is 0.152 e. The average Bonchev–Trinajstić information content (AvgIpc) is 3.43. The van der Waals surface area contributed by atoms with Gasteiger partial charge in [0.25, 0.3) is 0 Å². The molecule has 0 aliphatic carbocycles. The van der Waals surface area contributed by atoms with Gasteiger partial charge in [0.05, 0.1) is 18.3 Å². The summed E-state index contributed by atoms with van der Waals surface area (Å²) in [6, 6.07) is 23.8. The highest BCUT2D eigenvalue weighted by atomic mass is 32.2. The summed E-state index contributed by atoms with van der Waals surface area (Å²) in [5.41, 5.74) is 3.46. The minimum absolute atomic E-state index is 0.521. The first kappa shape index (κ1) is 24.3. The predicted molar refractivity (Wildman–Crippen MR) is 149 cm³/mol. The number of benzene rings is 2. The van der Waals surface area contributed by atoms with Gasteiger partial charge in [0.15, 0.2) is 5.76 Å². The van der Waals surface area contributed by atoms with Gasteiger partial charge in [-0.1, -0.05) is 30.3 Å². The second-order valence-electron chi connectivity index (χ2n) is 9.12. The molecular formula is C29H27N5O3S. The molecule has 0 spiro atoms. The van der Waals surface area contributed by atoms with Crippen LogP contribution in [-0.2, 0) is 24.0 Å². The van der Waals surface area contributed by atoms with Crippen molar-refractivity contribution in [3.05, 3.63) is 96.6 Å². The van der Waals surface area contributed by atoms with Crippen LogP contribution < -0.4 is 10.1 Å². The molecule has 0 saturated carbocycles. The van der Waals surface area contributed by atoms with Crippen molar-refractivity contribution in [3.8, 4) is 17.2 Å². The fraction of sp³-hybridized carbons (Fsp3) is 0.207. The van der Waals surface area contributed by atoms with E-state index in [9.17, 15) is 4.21 Å². The summed E-state index contributed by atoms with van der Waals surface area (Å²) in [5.74, 6) is 4.48. The van der Waals surface area contributed by atoms with Crippen molar-refractivity contribution < 1.29 is 13.4 Å². The standard InChI is InChI=1S/C29H27N5O3S/c35-38-14-12-34(13-15-38)18-24-10-11-28(37-24)26-16-25-27(17-30-26)31-20-32-29(25)33-22-6-8-23(9-7-22)36-19-21-4-2-1-3-5-21/h1-11,16-17,20H,12-15,18-19H2,(H,31,32,33). The molecule has 0 amide bonds. The summed E-state index contributed by atoms with van der Waals surface area (Å²) < 4.78 is 23.6. The van der Waals surface area contributed by atoms with E-state index in [1.165, 1.54) is 6.33 Å². The van der Waals surface area contributed by atoms with E-state index >= 15 is 0 Å². The van der Waals surface area contributed by atoms with Crippen molar-refractivity contribution in [1.29, 1.82) is 0 Å². The van der Waals surface area contributed by atoms with Gasteiger partial charge in [0, 0.05) is 46.5 Å². The van der Waals surface area contributed by atoms with E-state index in [-0.39, 0.29) is 0 Å². The SMILES string of the molecule is O=S1CCN(Cc2ccc(-c3cc4c(Nc5ccc(OCc6ccccc6)cc5)ncnc4cn3)o2)CC1. The topological polar surface area (TPSA) is 93.4 Å². The lowest BCUT2D eigenvalue weighted by atomic mass is 10.2. The van der Waals surface area contributed by atoms with Gasteiger partial charge in [0.1, 0.15) is 36.0 Å². The first-order chi connectivity index (χ1) is 18.7. The highest BCUT2D eigenvalue weighted by molar-refractivity contribution is 7.85. The van der Waals surface area contributed by atoms with Gasteiger partial charge in [-0.25, -0.2) is 9.97 Å². The maximum atomic E-state index is 11.6. The molecule has 9 heteroatoms. The molecule has 0 radical (unpaired) electrons. The largest absolute Gasteiger partial charge is 0.489 e. The van der Waals surface area contributed by atoms with Gasteiger partial charge in [-0.15, -0.1) is 0 Å². The van der Waals surface area contributed by atoms with Crippen LogP contribution in [0.25, 0.3) is 22.4 Å². The maximum absolute atomic E-state index is 11.6. The van der Waals surface area contributed by atoms with Gasteiger partial charge in [-0.2, -0.15) is 0 Å². The molecule has 1 fully saturated rings. The highest BCUT2D eigenvalue weighted by Gasteiger charge is 2.17. The van der Waals surface area contributed by atoms with E-state index in [2.05, 4.69) is 25.2 Å². The van der Waals surface area contributed by atoms with Gasteiger partial charge in [0.2, 0.25) is 0 Å². The van der Waals surface area contributed by atoms with Crippen LogP contribution in [0.2, 0.25) is 0 Å². The molecule has 0 atom stereocenters. The van der Waals surface area contributed by atoms with E-state index < -0.39 is 10.8 Å². The molecule has 1 saturated heterocycles. The van der Waals surface area contributed by atoms with Crippen molar-refractivity contribution >= 4 is 33.2 Å². The highest BCUT2D eigenvalue weighted by Crippen LogP contribution is 2.29. The van der Waals surface area contributed by atoms with E-state index in [0.717, 1.165) is 58.3 Å². The first-order valence-electron chi connectivity index (χ1n) is 12.5. The van der Waals surface area contributed by atoms with Gasteiger partial charge >= 0.3 is 0 Å². The Morgan fingerprint density at radius 2 is 1.76 bits per heavy atom. The molecule has 38 heavy (non-hydrogen) atoms. The Hall–Kier alpha value is -4.08. The van der Waals surface area contributed by atoms with Crippen LogP contribution in [0.5, 0.6) is 5.75 Å². The Labute approximate surface area is 223 Å². The Kier molecular flexibility index (Phi) is 7.10. The second kappa shape index (κ2) is 11.1. The number of rotatable bonds is 8. The third-order valence-electron chi connectivity index (χ3n) is 6.45. The van der Waals surface area contributed by atoms with Gasteiger partial charge in [-0.05, 0) is 48.0 Å². The summed E-state index contributed by atoms with van der Waals surface area (Å²) in [6.45, 7) is 2.87. The lowest BCUT2D eigenvalue weighted by Gasteiger charge is -2.24. The summed E-state index contributed by atoms with van der Waals surface area (Å²) in [7, 11) is -0.690. The van der Waals surface area contributed by atoms with E-state index in [1.807, 2.05) is 72.8 Å². The molecule has 192 valence electrons. The van der Waals surface area contributed by atoms with Crippen LogP contribution in [0.15, 0.2) is 89.7 Å². The van der Waals surface area contributed by atoms with Crippen molar-refractivity contribution in [2.45, 2.75) is 13.2 Å². The van der Waals surface area contributed by atoms with Crippen LogP contribution in [0.3, 0.4) is 0 Å². The van der Waals surface area contributed by atoms with E-state index in [1.54, 1.807) is 6.20 Å². The number of hydrogen-bond donors (Lipinski definition) is 1. The third kappa shape index (κ3) is 5.74. The summed E-state index contributed by atoms with van der Waals surface area (Å²) in [5, 5.41) is 4.24. The molecule has 1 N–H and O–H groups in total. The zero-order valence-corrected chi connectivity index (χ0v) is 21.6. The molecule has 6 rings (SSSR count). The lowest BCUT2D eigenvalue weighted by molar-refractivity contribution is 0.266. The number of nitrogens with zero attached hydrogens (tertiary/aromatic N) is 4. The summed E-state index contributed by atoms with van der Waals surface area (Å²) in [6.07, 6.45) is 3.26. The van der Waals surface area contributed by atoms with Gasteiger partial charge in [-0.3, -0.25) is 14.1 Å². The van der Waals surface area contributed by atoms with Crippen LogP contribution >= 0.6 is 0 Å². The number of ether oxygens (including phenoxy) is 1. The number of nitrogens with one attached hydrogen (secondary N) is 1. The van der Waals surface area contributed by atoms with Gasteiger partial charge < -0.3 is 14.5 Å². The Morgan fingerprint density at radius 1 is 0.947 bits per heavy atom. The molecule has 0 unspecified atom stereocenters. The second-order valence-corrected chi connectivity index (χ2v) is 10.8. The van der Waals surface area contributed by atoms with E-state index in [0.29, 0.717) is 30.4 Å². The Morgan fingerprint density at radius 3 is 2.58 bits per heavy atom. The van der Waals surface area contributed by atoms with Crippen molar-refractivity contribution in [3.63, 3.8) is 0 Å². The smallest absolute Gasteiger partial charge is 0.152 e. The van der Waals surface area contributed by atoms with Crippen LogP contribution in [0.1, 0.15) is 11.3 Å². The molecule has 4 heterocycles. The average molecular weight is 526 g/mol. The quantitative estimate of drug-likeness (QED) is 0.297. The van der Waals surface area contributed by atoms with Crippen LogP contribution in [-0.4, -0.2) is 48.7 Å². The number of aromatic nitrogens is 3. The number of anilines is 2. The minimum Gasteiger partial charge on any atom is -0.489 e. The predicted octanol–water partition coefficient (Wildman–Crippen LogP) is 5.17. The fourth-order valence-electron chi connectivity index (χ4n) is 4.36. The van der Waals surface area contributed by atoms with E-state index in [4.69, 9.17) is 9.15 Å². The van der Waals surface area contributed by atoms with Crippen molar-refractivity contribution in [2.75, 3.05) is 29.9 Å². The number of furan rings is 1. The normalized spacial score (nSPS) is 14.5. The zero-order chi connectivity index (χ0) is 25.7. The molecule has 5 aromatic rings. The molecule has 0 bridgehead atoms. The molecule has 3 aromatic heterocycles. The fourth-order valence-corrected chi connectivity index (χ4v) is 5.49. The Balaban J connectivity index is 1.16. The third-order valence-corrected chi connectivity index (χ3v) is 7.73. The number of fused-ring (bicyclic) bond motifs is 1. The molecule has 8 nitrogen and oxygen atoms in total. The summed E-state index contributed by atoms with van der Waals surface area (Å²) in [4.78, 5) is 15.7. The Bertz CT molecular complexity index is 1550. The first-order valence-corrected chi connectivity index (χ1v) is 14.0. The van der Waals surface area contributed by atoms with Crippen LogP contribution in [0.4, 0.5) is 11.5 Å². The molecule has 1 aliphatic heterocycles. The zero-order valence-electron chi connectivity index (χ0n) is 20.7. The molecule has 2 aromatic carbocycles. The van der Waals surface area contributed by atoms with Crippen molar-refractivity contribution in [2.24, 2.45) is 0 Å². The molecular weight excluding hydrogens is 498 g/mol. The monoisotopic (exact) mass is 525 g/mol. The number of hydrogen-bond acceptors (Lipinski definition) is 8. The number of pyridine rings is 1. The molecule has 1 aliphatic rings. The van der Waals surface area contributed by atoms with Crippen LogP contribution in [0, 0.1) is 0 Å². The lowest BCUT2D eigenvalue weighted by Crippen LogP contribution is -2.37. The minimum atomic E-state index is -0.690.